The molecule has 0 radical (unpaired) electrons. The first-order valence-electron chi connectivity index (χ1n) is 10.2. The molecule has 0 saturated carbocycles. The third-order valence-electron chi connectivity index (χ3n) is 5.65. The van der Waals surface area contributed by atoms with Crippen LogP contribution in [-0.2, 0) is 13.2 Å². The molecule has 1 aromatic heterocycles. The summed E-state index contributed by atoms with van der Waals surface area (Å²) in [7, 11) is 4.30. The zero-order valence-electron chi connectivity index (χ0n) is 18.1. The maximum absolute atomic E-state index is 3.66. The van der Waals surface area contributed by atoms with Crippen molar-refractivity contribution in [2.45, 2.75) is 27.1 Å². The van der Waals surface area contributed by atoms with Gasteiger partial charge in [-0.25, -0.2) is 0 Å². The molecule has 0 aliphatic carbocycles. The van der Waals surface area contributed by atoms with Crippen molar-refractivity contribution in [2.24, 2.45) is 0 Å². The Morgan fingerprint density at radius 1 is 0.767 bits per heavy atom. The van der Waals surface area contributed by atoms with E-state index >= 15 is 0 Å². The summed E-state index contributed by atoms with van der Waals surface area (Å²) in [5.41, 5.74) is 7.60. The first kappa shape index (κ1) is 20.5. The predicted octanol–water partition coefficient (Wildman–Crippen LogP) is 6.75. The summed E-state index contributed by atoms with van der Waals surface area (Å²) in [6.45, 7) is 5.91. The molecule has 0 spiro atoms. The number of aryl methyl sites for hydroxylation is 2. The van der Waals surface area contributed by atoms with Crippen molar-refractivity contribution in [1.82, 2.24) is 4.57 Å². The molecule has 0 saturated heterocycles. The van der Waals surface area contributed by atoms with Crippen LogP contribution in [0.25, 0.3) is 10.9 Å². The van der Waals surface area contributed by atoms with Gasteiger partial charge in [-0.3, -0.25) is 0 Å². The third-order valence-corrected chi connectivity index (χ3v) is 6.14. The number of hydrogen-bond donors (Lipinski definition) is 0. The van der Waals surface area contributed by atoms with Gasteiger partial charge in [-0.15, -0.1) is 0 Å². The molecule has 3 aromatic carbocycles. The average molecular weight is 462 g/mol. The molecule has 0 bridgehead atoms. The van der Waals surface area contributed by atoms with E-state index in [-0.39, 0.29) is 0 Å². The molecule has 1 heterocycles. The second-order valence-electron chi connectivity index (χ2n) is 8.15. The number of benzene rings is 3. The summed E-state index contributed by atoms with van der Waals surface area (Å²) >= 11 is 3.66. The van der Waals surface area contributed by atoms with E-state index in [1.54, 1.807) is 0 Å². The zero-order chi connectivity index (χ0) is 21.3. The minimum absolute atomic E-state index is 0.801. The second-order valence-corrected chi connectivity index (χ2v) is 9.07. The third kappa shape index (κ3) is 4.39. The number of nitrogens with zero attached hydrogens (tertiary/aromatic N) is 3. The number of rotatable bonds is 6. The van der Waals surface area contributed by atoms with Crippen molar-refractivity contribution in [1.29, 1.82) is 0 Å². The number of aromatic nitrogens is 1. The Morgan fingerprint density at radius 2 is 1.33 bits per heavy atom. The molecule has 0 N–H and O–H groups in total. The fourth-order valence-electron chi connectivity index (χ4n) is 3.84. The number of anilines is 2. The van der Waals surface area contributed by atoms with Gasteiger partial charge in [0.1, 0.15) is 0 Å². The fraction of sp³-hybridized carbons (Fsp3) is 0.231. The zero-order valence-corrected chi connectivity index (χ0v) is 19.6. The van der Waals surface area contributed by atoms with Gasteiger partial charge in [0, 0.05) is 53.6 Å². The van der Waals surface area contributed by atoms with E-state index in [0.717, 1.165) is 17.7 Å². The lowest BCUT2D eigenvalue weighted by Crippen LogP contribution is -2.20. The molecular weight excluding hydrogens is 434 g/mol. The van der Waals surface area contributed by atoms with Gasteiger partial charge in [-0.2, -0.15) is 0 Å². The van der Waals surface area contributed by atoms with Crippen molar-refractivity contribution in [3.8, 4) is 0 Å². The molecule has 3 nitrogen and oxygen atoms in total. The van der Waals surface area contributed by atoms with Crippen LogP contribution in [-0.4, -0.2) is 18.7 Å². The van der Waals surface area contributed by atoms with Crippen molar-refractivity contribution < 1.29 is 0 Å². The van der Waals surface area contributed by atoms with Gasteiger partial charge < -0.3 is 14.4 Å². The lowest BCUT2D eigenvalue weighted by atomic mass is 10.1. The van der Waals surface area contributed by atoms with Gasteiger partial charge in [-0.05, 0) is 61.9 Å². The van der Waals surface area contributed by atoms with E-state index in [9.17, 15) is 0 Å². The molecule has 0 aliphatic rings. The number of halogens is 1. The highest BCUT2D eigenvalue weighted by atomic mass is 79.9. The Bertz CT molecular complexity index is 1140. The largest absolute Gasteiger partial charge is 0.370 e. The van der Waals surface area contributed by atoms with Crippen LogP contribution in [0.4, 0.5) is 11.4 Å². The Hall–Kier alpha value is -2.72. The molecule has 0 unspecified atom stereocenters. The van der Waals surface area contributed by atoms with Crippen LogP contribution in [0.1, 0.15) is 16.7 Å². The van der Waals surface area contributed by atoms with Crippen LogP contribution in [0.3, 0.4) is 0 Å². The summed E-state index contributed by atoms with van der Waals surface area (Å²) in [5.74, 6) is 0. The van der Waals surface area contributed by atoms with Gasteiger partial charge in [-0.1, -0.05) is 51.3 Å². The molecule has 0 amide bonds. The van der Waals surface area contributed by atoms with E-state index in [4.69, 9.17) is 0 Å². The summed E-state index contributed by atoms with van der Waals surface area (Å²) in [6.07, 6.45) is 2.30. The number of fused-ring (bicyclic) bond motifs is 1. The van der Waals surface area contributed by atoms with Crippen molar-refractivity contribution in [3.05, 3.63) is 94.1 Å². The first-order valence-corrected chi connectivity index (χ1v) is 11.0. The summed E-state index contributed by atoms with van der Waals surface area (Å²) in [5, 5.41) is 1.29. The quantitative estimate of drug-likeness (QED) is 0.314. The maximum Gasteiger partial charge on any atom is 0.0943 e. The van der Waals surface area contributed by atoms with Crippen LogP contribution < -0.4 is 9.80 Å². The number of hydrogen-bond acceptors (Lipinski definition) is 2. The van der Waals surface area contributed by atoms with E-state index in [1.807, 2.05) is 0 Å². The summed E-state index contributed by atoms with van der Waals surface area (Å²) in [6, 6.07) is 24.0. The molecule has 4 heteroatoms. The van der Waals surface area contributed by atoms with Gasteiger partial charge in [0.05, 0.1) is 6.67 Å². The highest BCUT2D eigenvalue weighted by Crippen LogP contribution is 2.28. The molecule has 154 valence electrons. The maximum atomic E-state index is 3.66. The minimum Gasteiger partial charge on any atom is -0.370 e. The van der Waals surface area contributed by atoms with Crippen molar-refractivity contribution in [2.75, 3.05) is 23.9 Å². The van der Waals surface area contributed by atoms with Crippen LogP contribution in [0, 0.1) is 13.8 Å². The second kappa shape index (κ2) is 8.57. The normalized spacial score (nSPS) is 11.1. The summed E-state index contributed by atoms with van der Waals surface area (Å²) < 4.78 is 3.46. The monoisotopic (exact) mass is 461 g/mol. The topological polar surface area (TPSA) is 11.4 Å². The standard InChI is InChI=1S/C26H28BrN3/c1-19-5-10-23(11-6-19)28(3)16-21-17-30(26-14-9-22(27)15-25(21)26)18-29(4)24-12-7-20(2)8-13-24/h5-15,17H,16,18H2,1-4H3. The molecule has 0 fully saturated rings. The fourth-order valence-corrected chi connectivity index (χ4v) is 4.20. The van der Waals surface area contributed by atoms with Gasteiger partial charge >= 0.3 is 0 Å². The van der Waals surface area contributed by atoms with E-state index < -0.39 is 0 Å². The molecule has 30 heavy (non-hydrogen) atoms. The Morgan fingerprint density at radius 3 is 1.93 bits per heavy atom. The van der Waals surface area contributed by atoms with Crippen LogP contribution >= 0.6 is 15.9 Å². The molecule has 4 rings (SSSR count). The van der Waals surface area contributed by atoms with E-state index in [2.05, 4.69) is 131 Å². The highest BCUT2D eigenvalue weighted by Gasteiger charge is 2.13. The smallest absolute Gasteiger partial charge is 0.0943 e. The van der Waals surface area contributed by atoms with Gasteiger partial charge in [0.15, 0.2) is 0 Å². The highest BCUT2D eigenvalue weighted by molar-refractivity contribution is 9.10. The Balaban J connectivity index is 1.64. The lowest BCUT2D eigenvalue weighted by molar-refractivity contribution is 0.705. The van der Waals surface area contributed by atoms with Crippen molar-refractivity contribution in [3.63, 3.8) is 0 Å². The lowest BCUT2D eigenvalue weighted by Gasteiger charge is -2.21. The summed E-state index contributed by atoms with van der Waals surface area (Å²) in [4.78, 5) is 4.59. The van der Waals surface area contributed by atoms with Gasteiger partial charge in [0.2, 0.25) is 0 Å². The van der Waals surface area contributed by atoms with Gasteiger partial charge in [0.25, 0.3) is 0 Å². The predicted molar refractivity (Wildman–Crippen MR) is 133 cm³/mol. The molecular formula is C26H28BrN3. The minimum atomic E-state index is 0.801. The molecule has 0 atom stereocenters. The van der Waals surface area contributed by atoms with E-state index in [1.165, 1.54) is 39.0 Å². The van der Waals surface area contributed by atoms with Crippen LogP contribution in [0.5, 0.6) is 0 Å². The van der Waals surface area contributed by atoms with Crippen LogP contribution in [0.2, 0.25) is 0 Å². The first-order chi connectivity index (χ1) is 14.4. The Labute approximate surface area is 187 Å². The SMILES string of the molecule is Cc1ccc(N(C)Cc2cn(CN(C)c3ccc(C)cc3)c3ccc(Br)cc23)cc1. The van der Waals surface area contributed by atoms with E-state index in [0.29, 0.717) is 0 Å². The van der Waals surface area contributed by atoms with Crippen LogP contribution in [0.15, 0.2) is 77.4 Å². The average Bonchev–Trinajstić information content (AvgIpc) is 3.05. The molecule has 0 aliphatic heterocycles. The molecule has 4 aromatic rings. The van der Waals surface area contributed by atoms with Crippen molar-refractivity contribution >= 4 is 38.2 Å². The Kier molecular flexibility index (Phi) is 5.87.